The molecule has 0 bridgehead atoms. The highest BCUT2D eigenvalue weighted by Gasteiger charge is 2.46. The van der Waals surface area contributed by atoms with Crippen LogP contribution in [0.25, 0.3) is 5.57 Å². The number of allylic oxidation sites excluding steroid dienone is 6. The van der Waals surface area contributed by atoms with Crippen LogP contribution in [0, 0.1) is 26.7 Å². The van der Waals surface area contributed by atoms with Crippen molar-refractivity contribution in [2.45, 2.75) is 33.7 Å². The average molecular weight is 528 g/mol. The summed E-state index contributed by atoms with van der Waals surface area (Å²) in [4.78, 5) is 6.31. The van der Waals surface area contributed by atoms with Crippen LogP contribution < -0.4 is 0 Å². The molecule has 5 heteroatoms. The van der Waals surface area contributed by atoms with Crippen molar-refractivity contribution in [3.8, 4) is 0 Å². The van der Waals surface area contributed by atoms with E-state index in [4.69, 9.17) is 4.99 Å². The van der Waals surface area contributed by atoms with Crippen LogP contribution in [0.15, 0.2) is 131 Å². The molecule has 40 heavy (non-hydrogen) atoms. The Hall–Kier alpha value is -4.25. The van der Waals surface area contributed by atoms with Crippen molar-refractivity contribution in [2.24, 2.45) is 10.9 Å². The number of aryl methyl sites for hydroxylation is 3. The van der Waals surface area contributed by atoms with Gasteiger partial charge in [-0.1, -0.05) is 113 Å². The minimum absolute atomic E-state index is 0.180. The summed E-state index contributed by atoms with van der Waals surface area (Å²) in [7, 11) is -2.67. The van der Waals surface area contributed by atoms with Crippen LogP contribution in [0.1, 0.15) is 46.3 Å². The van der Waals surface area contributed by atoms with E-state index in [1.165, 1.54) is 10.4 Å². The molecule has 0 radical (unpaired) electrons. The highest BCUT2D eigenvalue weighted by atomic mass is 19.2. The van der Waals surface area contributed by atoms with Gasteiger partial charge < -0.3 is 4.81 Å². The second kappa shape index (κ2) is 10.4. The molecule has 3 aromatic rings. The fraction of sp³-hybridized carbons (Fsp3) is 0.171. The van der Waals surface area contributed by atoms with E-state index in [-0.39, 0.29) is 5.92 Å². The van der Waals surface area contributed by atoms with E-state index in [1.807, 2.05) is 50.3 Å². The number of benzene rings is 3. The summed E-state index contributed by atoms with van der Waals surface area (Å²) < 4.78 is 30.1. The van der Waals surface area contributed by atoms with Gasteiger partial charge in [-0.15, -0.1) is 0 Å². The van der Waals surface area contributed by atoms with Gasteiger partial charge in [0, 0.05) is 22.8 Å². The van der Waals surface area contributed by atoms with Crippen molar-refractivity contribution in [1.29, 1.82) is 0 Å². The van der Waals surface area contributed by atoms with Gasteiger partial charge in [0.2, 0.25) is 0 Å². The van der Waals surface area contributed by atoms with Crippen LogP contribution in [-0.4, -0.2) is 17.9 Å². The molecule has 2 heterocycles. The number of aliphatic imine (C=N–C) groups is 1. The summed E-state index contributed by atoms with van der Waals surface area (Å²) in [6.45, 7) is 8.14. The fourth-order valence-electron chi connectivity index (χ4n) is 5.77. The van der Waals surface area contributed by atoms with Crippen LogP contribution in [0.2, 0.25) is 0 Å². The maximum atomic E-state index is 15.0. The van der Waals surface area contributed by atoms with Gasteiger partial charge in [0.15, 0.2) is 0 Å². The molecule has 6 rings (SSSR count). The second-order valence-electron chi connectivity index (χ2n) is 11.0. The molecule has 198 valence electrons. The third-order valence-corrected chi connectivity index (χ3v) is 7.93. The molecule has 0 N–H and O–H groups in total. The van der Waals surface area contributed by atoms with Gasteiger partial charge in [0.1, 0.15) is 0 Å². The summed E-state index contributed by atoms with van der Waals surface area (Å²) >= 11 is 0. The largest absolute Gasteiger partial charge is 0.673 e. The van der Waals surface area contributed by atoms with Crippen molar-refractivity contribution in [1.82, 2.24) is 4.81 Å². The van der Waals surface area contributed by atoms with E-state index in [0.29, 0.717) is 11.4 Å². The van der Waals surface area contributed by atoms with Crippen molar-refractivity contribution in [3.05, 3.63) is 159 Å². The Morgan fingerprint density at radius 2 is 1.32 bits per heavy atom. The molecule has 0 aromatic heterocycles. The van der Waals surface area contributed by atoms with E-state index in [0.717, 1.165) is 50.2 Å². The van der Waals surface area contributed by atoms with Crippen molar-refractivity contribution in [3.63, 3.8) is 0 Å². The van der Waals surface area contributed by atoms with Crippen LogP contribution in [-0.2, 0) is 0 Å². The zero-order chi connectivity index (χ0) is 28.0. The topological polar surface area (TPSA) is 15.6 Å². The molecule has 2 atom stereocenters. The molecule has 2 aliphatic heterocycles. The highest BCUT2D eigenvalue weighted by Crippen LogP contribution is 2.49. The molecule has 3 aromatic carbocycles. The molecule has 0 saturated carbocycles. The lowest BCUT2D eigenvalue weighted by atomic mass is 9.84. The molecule has 0 saturated heterocycles. The third-order valence-electron chi connectivity index (χ3n) is 7.93. The van der Waals surface area contributed by atoms with Crippen LogP contribution >= 0.6 is 0 Å². The smallest absolute Gasteiger partial charge is 0.348 e. The number of rotatable bonds is 5. The van der Waals surface area contributed by atoms with Crippen LogP contribution in [0.5, 0.6) is 0 Å². The highest BCUT2D eigenvalue weighted by molar-refractivity contribution is 6.40. The van der Waals surface area contributed by atoms with E-state index in [9.17, 15) is 0 Å². The Bertz CT molecular complexity index is 1640. The minimum Gasteiger partial charge on any atom is -0.348 e. The second-order valence-corrected chi connectivity index (χ2v) is 11.0. The molecular formula is C35H31BF2N2. The maximum Gasteiger partial charge on any atom is 0.673 e. The van der Waals surface area contributed by atoms with Gasteiger partial charge in [-0.25, -0.2) is 4.99 Å². The van der Waals surface area contributed by atoms with Crippen LogP contribution in [0.3, 0.4) is 0 Å². The van der Waals surface area contributed by atoms with Gasteiger partial charge in [-0.2, -0.15) is 0 Å². The standard InChI is InChI=1S/C35H31BF2N2/c1-22-5-12-26(13-6-22)30-20-32(27-14-7-23(2)8-15-27)39-33(30)21-34-31-19-25(4)11-18-29(31)35(40(34)36(37)38)28-16-9-24(3)10-17-28/h5-21,29,35H,1-4H3/b33-21-. The molecule has 0 fully saturated rings. The monoisotopic (exact) mass is 528 g/mol. The third kappa shape index (κ3) is 4.81. The summed E-state index contributed by atoms with van der Waals surface area (Å²) in [5.41, 5.74) is 11.3. The van der Waals surface area contributed by atoms with E-state index in [2.05, 4.69) is 80.6 Å². The molecule has 0 amide bonds. The predicted molar refractivity (Wildman–Crippen MR) is 162 cm³/mol. The summed E-state index contributed by atoms with van der Waals surface area (Å²) in [6, 6.07) is 24.0. The van der Waals surface area contributed by atoms with Gasteiger partial charge in [-0.05, 0) is 56.5 Å². The van der Waals surface area contributed by atoms with Crippen molar-refractivity contribution in [2.75, 3.05) is 0 Å². The first-order valence-electron chi connectivity index (χ1n) is 13.7. The number of hydrogen-bond donors (Lipinski definition) is 0. The fourth-order valence-corrected chi connectivity index (χ4v) is 5.77. The lowest BCUT2D eigenvalue weighted by molar-refractivity contribution is 0.342. The zero-order valence-electron chi connectivity index (χ0n) is 23.2. The first-order valence-corrected chi connectivity index (χ1v) is 13.7. The number of nitrogens with zero attached hydrogens (tertiary/aromatic N) is 2. The predicted octanol–water partition coefficient (Wildman–Crippen LogP) is 8.75. The Kier molecular flexibility index (Phi) is 6.75. The first-order chi connectivity index (χ1) is 19.3. The molecule has 0 spiro atoms. The van der Waals surface area contributed by atoms with Gasteiger partial charge >= 0.3 is 7.40 Å². The lowest BCUT2D eigenvalue weighted by Gasteiger charge is -2.30. The number of fused-ring (bicyclic) bond motifs is 1. The van der Waals surface area contributed by atoms with E-state index < -0.39 is 13.4 Å². The van der Waals surface area contributed by atoms with Gasteiger partial charge in [-0.3, -0.25) is 8.63 Å². The molecule has 2 nitrogen and oxygen atoms in total. The summed E-state index contributed by atoms with van der Waals surface area (Å²) in [5, 5.41) is 0. The SMILES string of the molecule is CC1=CC2=C(/C=C3\N=C(c4ccc(C)cc4)C=C3c3ccc(C)cc3)N(B(F)F)C(c3ccc(C)cc3)C2C=C1. The van der Waals surface area contributed by atoms with E-state index in [1.54, 1.807) is 0 Å². The average Bonchev–Trinajstić information content (AvgIpc) is 3.49. The summed E-state index contributed by atoms with van der Waals surface area (Å²) in [6.07, 6.45) is 10.1. The minimum atomic E-state index is -2.67. The van der Waals surface area contributed by atoms with E-state index >= 15 is 8.63 Å². The van der Waals surface area contributed by atoms with Crippen molar-refractivity contribution < 1.29 is 8.63 Å². The molecule has 1 aliphatic carbocycles. The Labute approximate surface area is 235 Å². The van der Waals surface area contributed by atoms with Crippen LogP contribution in [0.4, 0.5) is 8.63 Å². The van der Waals surface area contributed by atoms with Gasteiger partial charge in [0.25, 0.3) is 0 Å². The quantitative estimate of drug-likeness (QED) is 0.302. The Balaban J connectivity index is 1.52. The maximum absolute atomic E-state index is 15.0. The van der Waals surface area contributed by atoms with Gasteiger partial charge in [0.05, 0.1) is 17.5 Å². The normalized spacial score (nSPS) is 21.0. The first kappa shape index (κ1) is 26.0. The molecular weight excluding hydrogens is 497 g/mol. The number of hydrogen-bond acceptors (Lipinski definition) is 2. The summed E-state index contributed by atoms with van der Waals surface area (Å²) in [5.74, 6) is -0.180. The number of halogens is 2. The molecule has 3 aliphatic rings. The Morgan fingerprint density at radius 1 is 0.750 bits per heavy atom. The van der Waals surface area contributed by atoms with Crippen molar-refractivity contribution >= 4 is 18.7 Å². The zero-order valence-corrected chi connectivity index (χ0v) is 23.2. The Morgan fingerprint density at radius 3 is 1.93 bits per heavy atom. The molecule has 2 unspecified atom stereocenters. The lowest BCUT2D eigenvalue weighted by Crippen LogP contribution is -2.34.